The highest BCUT2D eigenvalue weighted by Gasteiger charge is 2.43. The minimum Gasteiger partial charge on any atom is -0.394 e. The van der Waals surface area contributed by atoms with Crippen LogP contribution in [0.2, 0.25) is 10.0 Å². The number of hydrogen-bond acceptors (Lipinski definition) is 6. The van der Waals surface area contributed by atoms with Crippen LogP contribution in [0.1, 0.15) is 0 Å². The number of aliphatic hydroxyl groups is 4. The van der Waals surface area contributed by atoms with Crippen LogP contribution in [0.15, 0.2) is 18.2 Å². The van der Waals surface area contributed by atoms with Crippen LogP contribution in [0.25, 0.3) is 0 Å². The van der Waals surface area contributed by atoms with Crippen molar-refractivity contribution in [1.29, 1.82) is 0 Å². The Balaban J connectivity index is 2.13. The van der Waals surface area contributed by atoms with Crippen molar-refractivity contribution < 1.29 is 25.2 Å². The molecule has 1 aliphatic heterocycles. The molecule has 0 saturated carbocycles. The van der Waals surface area contributed by atoms with Crippen molar-refractivity contribution in [1.82, 2.24) is 0 Å². The van der Waals surface area contributed by atoms with Gasteiger partial charge < -0.3 is 30.5 Å². The zero-order valence-corrected chi connectivity index (χ0v) is 11.8. The van der Waals surface area contributed by atoms with E-state index in [0.717, 1.165) is 0 Å². The zero-order valence-electron chi connectivity index (χ0n) is 10.3. The van der Waals surface area contributed by atoms with E-state index >= 15 is 0 Å². The van der Waals surface area contributed by atoms with E-state index in [1.807, 2.05) is 0 Å². The van der Waals surface area contributed by atoms with Crippen LogP contribution in [0, 0.1) is 0 Å². The van der Waals surface area contributed by atoms with Crippen molar-refractivity contribution in [2.45, 2.75) is 30.6 Å². The number of hydrogen-bond donors (Lipinski definition) is 5. The van der Waals surface area contributed by atoms with E-state index in [0.29, 0.717) is 15.7 Å². The highest BCUT2D eigenvalue weighted by atomic mass is 35.5. The van der Waals surface area contributed by atoms with Crippen LogP contribution in [0.4, 0.5) is 5.69 Å². The Morgan fingerprint density at radius 3 is 2.35 bits per heavy atom. The van der Waals surface area contributed by atoms with Gasteiger partial charge in [0.25, 0.3) is 0 Å². The molecule has 5 atom stereocenters. The van der Waals surface area contributed by atoms with Crippen LogP contribution in [0.5, 0.6) is 0 Å². The lowest BCUT2D eigenvalue weighted by Crippen LogP contribution is -2.60. The molecule has 0 spiro atoms. The van der Waals surface area contributed by atoms with Crippen molar-refractivity contribution in [2.75, 3.05) is 11.9 Å². The Hall–Kier alpha value is -0.600. The van der Waals surface area contributed by atoms with Crippen LogP contribution in [-0.2, 0) is 4.74 Å². The predicted octanol–water partition coefficient (Wildman–Crippen LogP) is 0.205. The number of anilines is 1. The summed E-state index contributed by atoms with van der Waals surface area (Å²) in [5.41, 5.74) is 0.517. The van der Waals surface area contributed by atoms with Crippen molar-refractivity contribution in [3.63, 3.8) is 0 Å². The molecule has 0 aromatic heterocycles. The summed E-state index contributed by atoms with van der Waals surface area (Å²) in [5, 5.41) is 41.8. The highest BCUT2D eigenvalue weighted by Crippen LogP contribution is 2.27. The van der Waals surface area contributed by atoms with E-state index in [2.05, 4.69) is 5.32 Å². The second-order valence-corrected chi connectivity index (χ2v) is 5.34. The first-order valence-electron chi connectivity index (χ1n) is 5.96. The van der Waals surface area contributed by atoms with Gasteiger partial charge in [-0.1, -0.05) is 23.2 Å². The number of benzene rings is 1. The van der Waals surface area contributed by atoms with Crippen LogP contribution < -0.4 is 5.32 Å². The maximum absolute atomic E-state index is 9.87. The minimum absolute atomic E-state index is 0.321. The number of rotatable bonds is 3. The molecule has 6 nitrogen and oxygen atoms in total. The molecule has 2 rings (SSSR count). The normalized spacial score (nSPS) is 34.0. The monoisotopic (exact) mass is 323 g/mol. The summed E-state index contributed by atoms with van der Waals surface area (Å²) in [4.78, 5) is 0. The molecule has 112 valence electrons. The summed E-state index contributed by atoms with van der Waals surface area (Å²) in [6.07, 6.45) is -6.14. The molecule has 0 aliphatic carbocycles. The number of nitrogens with one attached hydrogen (secondary N) is 1. The smallest absolute Gasteiger partial charge is 0.157 e. The SMILES string of the molecule is OC[C@H]1O[C@@H](Nc2ccc(Cl)c(Cl)c2)[C@H](O)[C@@H](O)[C@@H]1O. The van der Waals surface area contributed by atoms with Gasteiger partial charge in [0, 0.05) is 5.69 Å². The van der Waals surface area contributed by atoms with Gasteiger partial charge in [0.05, 0.1) is 16.7 Å². The first-order valence-corrected chi connectivity index (χ1v) is 6.71. The molecule has 20 heavy (non-hydrogen) atoms. The third kappa shape index (κ3) is 3.17. The molecular formula is C12H15Cl2NO5. The average molecular weight is 324 g/mol. The van der Waals surface area contributed by atoms with E-state index in [4.69, 9.17) is 33.0 Å². The van der Waals surface area contributed by atoms with E-state index in [9.17, 15) is 15.3 Å². The molecule has 0 amide bonds. The maximum atomic E-state index is 9.87. The highest BCUT2D eigenvalue weighted by molar-refractivity contribution is 6.42. The largest absolute Gasteiger partial charge is 0.394 e. The molecule has 8 heteroatoms. The second-order valence-electron chi connectivity index (χ2n) is 4.52. The lowest BCUT2D eigenvalue weighted by molar-refractivity contribution is -0.221. The lowest BCUT2D eigenvalue weighted by Gasteiger charge is -2.40. The minimum atomic E-state index is -1.43. The first kappa shape index (κ1) is 15.8. The Bertz CT molecular complexity index is 473. The van der Waals surface area contributed by atoms with Crippen molar-refractivity contribution in [2.24, 2.45) is 0 Å². The Morgan fingerprint density at radius 1 is 1.05 bits per heavy atom. The summed E-state index contributed by atoms with van der Waals surface area (Å²) in [7, 11) is 0. The van der Waals surface area contributed by atoms with E-state index < -0.39 is 37.3 Å². The van der Waals surface area contributed by atoms with Crippen LogP contribution in [0.3, 0.4) is 0 Å². The molecule has 5 N–H and O–H groups in total. The van der Waals surface area contributed by atoms with Crippen molar-refractivity contribution in [3.8, 4) is 0 Å². The molecule has 1 aromatic rings. The van der Waals surface area contributed by atoms with E-state index in [1.165, 1.54) is 6.07 Å². The molecule has 0 bridgehead atoms. The van der Waals surface area contributed by atoms with Crippen molar-refractivity contribution in [3.05, 3.63) is 28.2 Å². The fourth-order valence-electron chi connectivity index (χ4n) is 1.97. The van der Waals surface area contributed by atoms with Gasteiger partial charge in [0.2, 0.25) is 0 Å². The second kappa shape index (κ2) is 6.44. The zero-order chi connectivity index (χ0) is 14.9. The maximum Gasteiger partial charge on any atom is 0.157 e. The molecule has 1 aliphatic rings. The van der Waals surface area contributed by atoms with Gasteiger partial charge in [0.15, 0.2) is 6.23 Å². The fraction of sp³-hybridized carbons (Fsp3) is 0.500. The topological polar surface area (TPSA) is 102 Å². The lowest BCUT2D eigenvalue weighted by atomic mass is 9.98. The molecule has 1 fully saturated rings. The molecule has 0 radical (unpaired) electrons. The number of halogens is 2. The summed E-state index contributed by atoms with van der Waals surface area (Å²) in [6.45, 7) is -0.482. The van der Waals surface area contributed by atoms with Gasteiger partial charge in [-0.2, -0.15) is 0 Å². The van der Waals surface area contributed by atoms with Crippen LogP contribution in [-0.4, -0.2) is 57.7 Å². The van der Waals surface area contributed by atoms with Gasteiger partial charge in [-0.3, -0.25) is 0 Å². The molecule has 1 aromatic carbocycles. The summed E-state index contributed by atoms with van der Waals surface area (Å²) >= 11 is 11.7. The molecule has 0 unspecified atom stereocenters. The summed E-state index contributed by atoms with van der Waals surface area (Å²) in [6, 6.07) is 4.72. The third-order valence-corrected chi connectivity index (χ3v) is 3.86. The third-order valence-electron chi connectivity index (χ3n) is 3.12. The van der Waals surface area contributed by atoms with Gasteiger partial charge >= 0.3 is 0 Å². The average Bonchev–Trinajstić information content (AvgIpc) is 2.43. The van der Waals surface area contributed by atoms with Gasteiger partial charge in [-0.05, 0) is 18.2 Å². The summed E-state index contributed by atoms with van der Waals surface area (Å²) in [5.74, 6) is 0. The molecule has 1 saturated heterocycles. The van der Waals surface area contributed by atoms with E-state index in [-0.39, 0.29) is 0 Å². The predicted molar refractivity (Wildman–Crippen MR) is 73.9 cm³/mol. The Kier molecular flexibility index (Phi) is 5.09. The first-order chi connectivity index (χ1) is 9.43. The quantitative estimate of drug-likeness (QED) is 0.545. The van der Waals surface area contributed by atoms with Crippen molar-refractivity contribution >= 4 is 28.9 Å². The number of ether oxygens (including phenoxy) is 1. The van der Waals surface area contributed by atoms with Gasteiger partial charge in [-0.15, -0.1) is 0 Å². The van der Waals surface area contributed by atoms with Gasteiger partial charge in [0.1, 0.15) is 24.4 Å². The molecular weight excluding hydrogens is 309 g/mol. The van der Waals surface area contributed by atoms with E-state index in [1.54, 1.807) is 12.1 Å². The Morgan fingerprint density at radius 2 is 1.75 bits per heavy atom. The van der Waals surface area contributed by atoms with Crippen LogP contribution >= 0.6 is 23.2 Å². The fourth-order valence-corrected chi connectivity index (χ4v) is 2.27. The Labute approximate surface area is 125 Å². The number of aliphatic hydroxyl groups excluding tert-OH is 4. The summed E-state index contributed by atoms with van der Waals surface area (Å²) < 4.78 is 5.31. The van der Waals surface area contributed by atoms with Gasteiger partial charge in [-0.25, -0.2) is 0 Å². The standard InChI is InChI=1S/C12H15Cl2NO5/c13-6-2-1-5(3-7(6)14)15-12-11(19)10(18)9(17)8(4-16)20-12/h1-3,8-12,15-19H,4H2/t8-,9-,10+,11-,12-/m1/s1. The molecule has 1 heterocycles.